The number of carbonyl (C=O) groups excluding carboxylic acids is 1. The van der Waals surface area contributed by atoms with Crippen LogP contribution in [0.3, 0.4) is 0 Å². The van der Waals surface area contributed by atoms with Crippen molar-refractivity contribution in [3.63, 3.8) is 0 Å². The van der Waals surface area contributed by atoms with Gasteiger partial charge in [-0.15, -0.1) is 0 Å². The molecule has 2 rings (SSSR count). The topological polar surface area (TPSA) is 68.0 Å². The molecule has 0 atom stereocenters. The summed E-state index contributed by atoms with van der Waals surface area (Å²) >= 11 is 0. The summed E-state index contributed by atoms with van der Waals surface area (Å²) in [5, 5.41) is 2.74. The van der Waals surface area contributed by atoms with Crippen LogP contribution in [0.25, 0.3) is 0 Å². The first-order valence-corrected chi connectivity index (χ1v) is 5.67. The Morgan fingerprint density at radius 3 is 2.67 bits per heavy atom. The van der Waals surface area contributed by atoms with E-state index in [4.69, 9.17) is 5.73 Å². The zero-order valence-electron chi connectivity index (χ0n) is 10.4. The smallest absolute Gasteiger partial charge is 0.256 e. The highest BCUT2D eigenvalue weighted by atomic mass is 16.1. The van der Waals surface area contributed by atoms with Crippen LogP contribution in [0.2, 0.25) is 0 Å². The number of benzene rings is 1. The lowest BCUT2D eigenvalue weighted by Crippen LogP contribution is -2.13. The predicted octanol–water partition coefficient (Wildman–Crippen LogP) is 2.53. The third-order valence-corrected chi connectivity index (χ3v) is 2.67. The second-order valence-electron chi connectivity index (χ2n) is 4.19. The molecular formula is C14H15N3O. The number of nitrogens with one attached hydrogen (secondary N) is 1. The molecule has 0 unspecified atom stereocenters. The molecule has 18 heavy (non-hydrogen) atoms. The number of aryl methyl sites for hydroxylation is 2. The van der Waals surface area contributed by atoms with Crippen LogP contribution in [0.15, 0.2) is 36.4 Å². The van der Waals surface area contributed by atoms with E-state index in [-0.39, 0.29) is 5.91 Å². The Hall–Kier alpha value is -2.36. The van der Waals surface area contributed by atoms with Gasteiger partial charge in [-0.05, 0) is 43.7 Å². The zero-order valence-corrected chi connectivity index (χ0v) is 10.4. The Bertz CT molecular complexity index is 593. The standard InChI is InChI=1S/C14H15N3O/c1-9-6-7-11(8-12(9)15)14(18)17-13-5-3-4-10(2)16-13/h3-8H,15H2,1-2H3,(H,16,17,18). The molecule has 0 aliphatic carbocycles. The fraction of sp³-hybridized carbons (Fsp3) is 0.143. The first kappa shape index (κ1) is 12.1. The van der Waals surface area contributed by atoms with Crippen LogP contribution in [0.4, 0.5) is 11.5 Å². The largest absolute Gasteiger partial charge is 0.398 e. The Kier molecular flexibility index (Phi) is 3.28. The highest BCUT2D eigenvalue weighted by Crippen LogP contribution is 2.14. The van der Waals surface area contributed by atoms with E-state index in [1.54, 1.807) is 18.2 Å². The number of carbonyl (C=O) groups is 1. The number of aromatic nitrogens is 1. The molecule has 1 heterocycles. The summed E-state index contributed by atoms with van der Waals surface area (Å²) in [5.41, 5.74) is 8.74. The number of anilines is 2. The molecule has 3 N–H and O–H groups in total. The van der Waals surface area contributed by atoms with E-state index in [0.29, 0.717) is 17.1 Å². The number of nitrogens with zero attached hydrogens (tertiary/aromatic N) is 1. The van der Waals surface area contributed by atoms with Crippen LogP contribution in [-0.2, 0) is 0 Å². The highest BCUT2D eigenvalue weighted by molar-refractivity contribution is 6.04. The van der Waals surface area contributed by atoms with E-state index in [1.807, 2.05) is 32.0 Å². The molecule has 0 spiro atoms. The molecule has 92 valence electrons. The average Bonchev–Trinajstić information content (AvgIpc) is 2.32. The molecule has 0 saturated carbocycles. The van der Waals surface area contributed by atoms with Gasteiger partial charge >= 0.3 is 0 Å². The molecular weight excluding hydrogens is 226 g/mol. The summed E-state index contributed by atoms with van der Waals surface area (Å²) in [4.78, 5) is 16.2. The molecule has 4 heteroatoms. The Balaban J connectivity index is 2.19. The summed E-state index contributed by atoms with van der Waals surface area (Å²) in [7, 11) is 0. The Morgan fingerprint density at radius 1 is 1.22 bits per heavy atom. The lowest BCUT2D eigenvalue weighted by Gasteiger charge is -2.07. The molecule has 0 bridgehead atoms. The fourth-order valence-electron chi connectivity index (χ4n) is 1.58. The number of hydrogen-bond donors (Lipinski definition) is 2. The third kappa shape index (κ3) is 2.66. The average molecular weight is 241 g/mol. The predicted molar refractivity (Wildman–Crippen MR) is 72.5 cm³/mol. The van der Waals surface area contributed by atoms with Crippen molar-refractivity contribution in [2.45, 2.75) is 13.8 Å². The quantitative estimate of drug-likeness (QED) is 0.794. The molecule has 1 aromatic carbocycles. The molecule has 1 aromatic heterocycles. The van der Waals surface area contributed by atoms with E-state index in [0.717, 1.165) is 11.3 Å². The zero-order chi connectivity index (χ0) is 13.1. The maximum atomic E-state index is 12.0. The van der Waals surface area contributed by atoms with E-state index >= 15 is 0 Å². The van der Waals surface area contributed by atoms with Crippen LogP contribution >= 0.6 is 0 Å². The first-order valence-electron chi connectivity index (χ1n) is 5.67. The Labute approximate surface area is 106 Å². The summed E-state index contributed by atoms with van der Waals surface area (Å²) in [5.74, 6) is 0.332. The van der Waals surface area contributed by atoms with Crippen molar-refractivity contribution in [3.8, 4) is 0 Å². The normalized spacial score (nSPS) is 10.1. The van der Waals surface area contributed by atoms with E-state index in [2.05, 4.69) is 10.3 Å². The lowest BCUT2D eigenvalue weighted by atomic mass is 10.1. The number of pyridine rings is 1. The van der Waals surface area contributed by atoms with Crippen molar-refractivity contribution < 1.29 is 4.79 Å². The van der Waals surface area contributed by atoms with Crippen LogP contribution in [0.5, 0.6) is 0 Å². The fourth-order valence-corrected chi connectivity index (χ4v) is 1.58. The third-order valence-electron chi connectivity index (χ3n) is 2.67. The van der Waals surface area contributed by atoms with Crippen molar-refractivity contribution >= 4 is 17.4 Å². The number of amides is 1. The van der Waals surface area contributed by atoms with Gasteiger partial charge in [0.15, 0.2) is 0 Å². The van der Waals surface area contributed by atoms with Gasteiger partial charge in [0.05, 0.1) is 0 Å². The van der Waals surface area contributed by atoms with Crippen LogP contribution in [0.1, 0.15) is 21.6 Å². The van der Waals surface area contributed by atoms with Crippen LogP contribution in [0, 0.1) is 13.8 Å². The molecule has 0 fully saturated rings. The second kappa shape index (κ2) is 4.87. The highest BCUT2D eigenvalue weighted by Gasteiger charge is 2.07. The first-order chi connectivity index (χ1) is 8.56. The maximum absolute atomic E-state index is 12.0. The minimum atomic E-state index is -0.209. The number of nitrogens with two attached hydrogens (primary N) is 1. The summed E-state index contributed by atoms with van der Waals surface area (Å²) in [6.45, 7) is 3.78. The molecule has 0 aliphatic heterocycles. The molecule has 0 saturated heterocycles. The summed E-state index contributed by atoms with van der Waals surface area (Å²) in [6.07, 6.45) is 0. The number of hydrogen-bond acceptors (Lipinski definition) is 3. The van der Waals surface area contributed by atoms with Gasteiger partial charge in [-0.3, -0.25) is 4.79 Å². The SMILES string of the molecule is Cc1cccc(NC(=O)c2ccc(C)c(N)c2)n1. The van der Waals surface area contributed by atoms with E-state index in [9.17, 15) is 4.79 Å². The van der Waals surface area contributed by atoms with Gasteiger partial charge in [-0.2, -0.15) is 0 Å². The van der Waals surface area contributed by atoms with Crippen molar-refractivity contribution in [2.75, 3.05) is 11.1 Å². The molecule has 2 aromatic rings. The van der Waals surface area contributed by atoms with Gasteiger partial charge in [-0.1, -0.05) is 12.1 Å². The van der Waals surface area contributed by atoms with Crippen molar-refractivity contribution in [1.29, 1.82) is 0 Å². The number of rotatable bonds is 2. The van der Waals surface area contributed by atoms with Gasteiger partial charge in [-0.25, -0.2) is 4.98 Å². The minimum Gasteiger partial charge on any atom is -0.398 e. The van der Waals surface area contributed by atoms with Gasteiger partial charge in [0.25, 0.3) is 5.91 Å². The van der Waals surface area contributed by atoms with Crippen LogP contribution in [-0.4, -0.2) is 10.9 Å². The monoisotopic (exact) mass is 241 g/mol. The van der Waals surface area contributed by atoms with Crippen LogP contribution < -0.4 is 11.1 Å². The van der Waals surface area contributed by atoms with Gasteiger partial charge in [0.2, 0.25) is 0 Å². The lowest BCUT2D eigenvalue weighted by molar-refractivity contribution is 0.102. The minimum absolute atomic E-state index is 0.209. The van der Waals surface area contributed by atoms with E-state index < -0.39 is 0 Å². The maximum Gasteiger partial charge on any atom is 0.256 e. The number of nitrogen functional groups attached to an aromatic ring is 1. The Morgan fingerprint density at radius 2 is 2.00 bits per heavy atom. The van der Waals surface area contributed by atoms with Crippen molar-refractivity contribution in [3.05, 3.63) is 53.2 Å². The second-order valence-corrected chi connectivity index (χ2v) is 4.19. The summed E-state index contributed by atoms with van der Waals surface area (Å²) in [6, 6.07) is 10.7. The molecule has 0 radical (unpaired) electrons. The molecule has 0 aliphatic rings. The van der Waals surface area contributed by atoms with Crippen molar-refractivity contribution in [2.24, 2.45) is 0 Å². The molecule has 1 amide bonds. The van der Waals surface area contributed by atoms with Gasteiger partial charge in [0, 0.05) is 16.9 Å². The van der Waals surface area contributed by atoms with E-state index in [1.165, 1.54) is 0 Å². The summed E-state index contributed by atoms with van der Waals surface area (Å²) < 4.78 is 0. The molecule has 4 nitrogen and oxygen atoms in total. The van der Waals surface area contributed by atoms with Gasteiger partial charge in [0.1, 0.15) is 5.82 Å². The van der Waals surface area contributed by atoms with Gasteiger partial charge < -0.3 is 11.1 Å². The van der Waals surface area contributed by atoms with Crippen molar-refractivity contribution in [1.82, 2.24) is 4.98 Å².